The largest absolute Gasteiger partial charge is 0.385 e. The summed E-state index contributed by atoms with van der Waals surface area (Å²) in [6, 6.07) is 8.61. The molecule has 2 aromatic rings. The molecule has 5 nitrogen and oxygen atoms in total. The van der Waals surface area contributed by atoms with Crippen LogP contribution in [0.15, 0.2) is 45.9 Å². The summed E-state index contributed by atoms with van der Waals surface area (Å²) in [5.41, 5.74) is 2.04. The molecule has 0 atom stereocenters. The van der Waals surface area contributed by atoms with E-state index in [1.54, 1.807) is 30.5 Å². The highest BCUT2D eigenvalue weighted by Gasteiger charge is 2.19. The fraction of sp³-hybridized carbons (Fsp3) is 0.214. The molecule has 0 saturated carbocycles. The molecule has 7 heteroatoms. The van der Waals surface area contributed by atoms with Crippen LogP contribution in [-0.2, 0) is 16.4 Å². The predicted molar refractivity (Wildman–Crippen MR) is 86.0 cm³/mol. The van der Waals surface area contributed by atoms with Gasteiger partial charge in [-0.2, -0.15) is 0 Å². The summed E-state index contributed by atoms with van der Waals surface area (Å²) in [5.74, 6) is 0.286. The molecule has 1 aromatic carbocycles. The van der Waals surface area contributed by atoms with Crippen LogP contribution < -0.4 is 10.0 Å². The van der Waals surface area contributed by atoms with E-state index in [0.717, 1.165) is 30.6 Å². The zero-order chi connectivity index (χ0) is 14.9. The maximum atomic E-state index is 12.4. The van der Waals surface area contributed by atoms with Gasteiger partial charge in [0.15, 0.2) is 5.82 Å². The summed E-state index contributed by atoms with van der Waals surface area (Å²) in [4.78, 5) is 4.28. The van der Waals surface area contributed by atoms with Crippen LogP contribution in [0.4, 0.5) is 11.5 Å². The molecule has 0 unspecified atom stereocenters. The van der Waals surface area contributed by atoms with E-state index in [0.29, 0.717) is 4.47 Å². The summed E-state index contributed by atoms with van der Waals surface area (Å²) in [7, 11) is -3.64. The van der Waals surface area contributed by atoms with Crippen LogP contribution >= 0.6 is 15.9 Å². The standard InChI is InChI=1S/C14H14BrN3O2S/c15-12-4-2-8-17-14(12)18-21(19,20)11-5-6-13-10(9-11)3-1-7-16-13/h2,4-6,8-9,16H,1,3,7H2,(H,17,18). The molecule has 0 amide bonds. The van der Waals surface area contributed by atoms with E-state index in [9.17, 15) is 8.42 Å². The fourth-order valence-electron chi connectivity index (χ4n) is 2.27. The predicted octanol–water partition coefficient (Wildman–Crippen LogP) is 3.00. The number of halogens is 1. The van der Waals surface area contributed by atoms with Crippen molar-refractivity contribution in [2.24, 2.45) is 0 Å². The van der Waals surface area contributed by atoms with Gasteiger partial charge in [-0.15, -0.1) is 0 Å². The van der Waals surface area contributed by atoms with E-state index < -0.39 is 10.0 Å². The summed E-state index contributed by atoms with van der Waals surface area (Å²) in [6.07, 6.45) is 3.44. The van der Waals surface area contributed by atoms with Gasteiger partial charge in [-0.1, -0.05) is 0 Å². The molecule has 1 aliphatic rings. The minimum Gasteiger partial charge on any atom is -0.385 e. The lowest BCUT2D eigenvalue weighted by molar-refractivity contribution is 0.600. The third-order valence-corrected chi connectivity index (χ3v) is 5.29. The molecule has 0 bridgehead atoms. The molecule has 21 heavy (non-hydrogen) atoms. The number of aryl methyl sites for hydroxylation is 1. The Labute approximate surface area is 132 Å². The van der Waals surface area contributed by atoms with E-state index in [2.05, 4.69) is 31.0 Å². The number of nitrogens with one attached hydrogen (secondary N) is 2. The molecule has 2 heterocycles. The smallest absolute Gasteiger partial charge is 0.263 e. The minimum atomic E-state index is -3.64. The van der Waals surface area contributed by atoms with Gasteiger partial charge in [0, 0.05) is 18.4 Å². The molecule has 0 aliphatic carbocycles. The van der Waals surface area contributed by atoms with Gasteiger partial charge in [0.1, 0.15) is 0 Å². The van der Waals surface area contributed by atoms with Crippen molar-refractivity contribution < 1.29 is 8.42 Å². The second-order valence-corrected chi connectivity index (χ2v) is 7.33. The maximum absolute atomic E-state index is 12.4. The van der Waals surface area contributed by atoms with Crippen LogP contribution in [0.3, 0.4) is 0 Å². The quantitative estimate of drug-likeness (QED) is 0.874. The number of benzene rings is 1. The number of nitrogens with zero attached hydrogens (tertiary/aromatic N) is 1. The van der Waals surface area contributed by atoms with E-state index >= 15 is 0 Å². The van der Waals surface area contributed by atoms with Crippen LogP contribution in [0.25, 0.3) is 0 Å². The van der Waals surface area contributed by atoms with Crippen molar-refractivity contribution in [2.45, 2.75) is 17.7 Å². The zero-order valence-corrected chi connectivity index (χ0v) is 13.5. The van der Waals surface area contributed by atoms with Crippen molar-refractivity contribution in [2.75, 3.05) is 16.6 Å². The number of hydrogen-bond acceptors (Lipinski definition) is 4. The molecular formula is C14H14BrN3O2S. The van der Waals surface area contributed by atoms with Gasteiger partial charge >= 0.3 is 0 Å². The Bertz CT molecular complexity index is 778. The zero-order valence-electron chi connectivity index (χ0n) is 11.1. The molecule has 3 rings (SSSR count). The third-order valence-electron chi connectivity index (χ3n) is 3.31. The van der Waals surface area contributed by atoms with Crippen LogP contribution in [0.5, 0.6) is 0 Å². The van der Waals surface area contributed by atoms with Gasteiger partial charge in [-0.05, 0) is 64.7 Å². The fourth-order valence-corrected chi connectivity index (χ4v) is 3.83. The minimum absolute atomic E-state index is 0.252. The van der Waals surface area contributed by atoms with Gasteiger partial charge in [-0.25, -0.2) is 13.4 Å². The molecule has 1 aliphatic heterocycles. The van der Waals surface area contributed by atoms with Crippen LogP contribution in [0.2, 0.25) is 0 Å². The average molecular weight is 368 g/mol. The molecule has 0 fully saturated rings. The Hall–Kier alpha value is -1.60. The second kappa shape index (κ2) is 5.65. The Kier molecular flexibility index (Phi) is 3.86. The lowest BCUT2D eigenvalue weighted by atomic mass is 10.0. The maximum Gasteiger partial charge on any atom is 0.263 e. The van der Waals surface area contributed by atoms with E-state index in [4.69, 9.17) is 0 Å². The normalized spacial score (nSPS) is 14.1. The first-order valence-corrected chi connectivity index (χ1v) is 8.84. The van der Waals surface area contributed by atoms with Crippen LogP contribution in [-0.4, -0.2) is 19.9 Å². The van der Waals surface area contributed by atoms with Crippen molar-refractivity contribution in [1.29, 1.82) is 0 Å². The molecule has 0 spiro atoms. The van der Waals surface area contributed by atoms with Crippen LogP contribution in [0, 0.1) is 0 Å². The third kappa shape index (κ3) is 3.03. The molecule has 0 radical (unpaired) electrons. The van der Waals surface area contributed by atoms with E-state index in [1.165, 1.54) is 0 Å². The first kappa shape index (κ1) is 14.3. The number of anilines is 2. The molecular weight excluding hydrogens is 354 g/mol. The lowest BCUT2D eigenvalue weighted by Crippen LogP contribution is -2.16. The number of fused-ring (bicyclic) bond motifs is 1. The number of hydrogen-bond donors (Lipinski definition) is 2. The molecule has 2 N–H and O–H groups in total. The van der Waals surface area contributed by atoms with Crippen molar-refractivity contribution in [3.05, 3.63) is 46.6 Å². The van der Waals surface area contributed by atoms with Gasteiger partial charge < -0.3 is 5.32 Å². The van der Waals surface area contributed by atoms with Gasteiger partial charge in [0.25, 0.3) is 10.0 Å². The highest BCUT2D eigenvalue weighted by Crippen LogP contribution is 2.27. The number of aromatic nitrogens is 1. The first-order chi connectivity index (χ1) is 10.1. The lowest BCUT2D eigenvalue weighted by Gasteiger charge is -2.18. The first-order valence-electron chi connectivity index (χ1n) is 6.56. The average Bonchev–Trinajstić information content (AvgIpc) is 2.49. The Morgan fingerprint density at radius 3 is 2.95 bits per heavy atom. The van der Waals surface area contributed by atoms with Crippen molar-refractivity contribution in [1.82, 2.24) is 4.98 Å². The monoisotopic (exact) mass is 367 g/mol. The SMILES string of the molecule is O=S(=O)(Nc1ncccc1Br)c1ccc2c(c1)CCCN2. The van der Waals surface area contributed by atoms with Crippen molar-refractivity contribution in [3.63, 3.8) is 0 Å². The summed E-state index contributed by atoms with van der Waals surface area (Å²) >= 11 is 3.28. The van der Waals surface area contributed by atoms with E-state index in [1.807, 2.05) is 6.07 Å². The summed E-state index contributed by atoms with van der Waals surface area (Å²) < 4.78 is 28.0. The second-order valence-electron chi connectivity index (χ2n) is 4.79. The van der Waals surface area contributed by atoms with Gasteiger partial charge in [-0.3, -0.25) is 4.72 Å². The molecule has 0 saturated heterocycles. The topological polar surface area (TPSA) is 71.1 Å². The summed E-state index contributed by atoms with van der Waals surface area (Å²) in [6.45, 7) is 0.929. The highest BCUT2D eigenvalue weighted by atomic mass is 79.9. The summed E-state index contributed by atoms with van der Waals surface area (Å²) in [5, 5.41) is 3.27. The van der Waals surface area contributed by atoms with Gasteiger partial charge in [0.05, 0.1) is 9.37 Å². The molecule has 110 valence electrons. The number of rotatable bonds is 3. The number of sulfonamides is 1. The number of pyridine rings is 1. The molecule has 1 aromatic heterocycles. The highest BCUT2D eigenvalue weighted by molar-refractivity contribution is 9.10. The Morgan fingerprint density at radius 2 is 2.14 bits per heavy atom. The Balaban J connectivity index is 1.93. The van der Waals surface area contributed by atoms with Crippen LogP contribution in [0.1, 0.15) is 12.0 Å². The van der Waals surface area contributed by atoms with Crippen molar-refractivity contribution >= 4 is 37.5 Å². The van der Waals surface area contributed by atoms with Crippen molar-refractivity contribution in [3.8, 4) is 0 Å². The Morgan fingerprint density at radius 1 is 1.29 bits per heavy atom. The van der Waals surface area contributed by atoms with E-state index in [-0.39, 0.29) is 10.7 Å². The van der Waals surface area contributed by atoms with Gasteiger partial charge in [0.2, 0.25) is 0 Å².